The number of pyridine rings is 3. The van der Waals surface area contributed by atoms with E-state index in [1.54, 1.807) is 25.3 Å². The fraction of sp³-hybridized carbons (Fsp3) is 0.360. The predicted molar refractivity (Wildman–Crippen MR) is 139 cm³/mol. The van der Waals surface area contributed by atoms with Gasteiger partial charge in [0, 0.05) is 44.1 Å². The van der Waals surface area contributed by atoms with Crippen LogP contribution in [0.5, 0.6) is 0 Å². The van der Waals surface area contributed by atoms with E-state index in [2.05, 4.69) is 44.3 Å². The molecule has 10 nitrogen and oxygen atoms in total. The Morgan fingerprint density at radius 3 is 2.39 bits per heavy atom. The molecule has 190 valence electrons. The van der Waals surface area contributed by atoms with Crippen molar-refractivity contribution in [3.8, 4) is 11.3 Å². The third kappa shape index (κ3) is 6.16. The van der Waals surface area contributed by atoms with Crippen molar-refractivity contribution in [2.24, 2.45) is 0 Å². The Morgan fingerprint density at radius 1 is 1.06 bits per heavy atom. The van der Waals surface area contributed by atoms with Crippen molar-refractivity contribution < 1.29 is 17.9 Å². The summed E-state index contributed by atoms with van der Waals surface area (Å²) in [7, 11) is -3.50. The second-order valence-electron chi connectivity index (χ2n) is 9.13. The summed E-state index contributed by atoms with van der Waals surface area (Å²) in [6, 6.07) is 8.84. The van der Waals surface area contributed by atoms with Crippen LogP contribution in [0.2, 0.25) is 0 Å². The summed E-state index contributed by atoms with van der Waals surface area (Å²) in [5, 5.41) is 5.84. The van der Waals surface area contributed by atoms with E-state index in [4.69, 9.17) is 4.74 Å². The van der Waals surface area contributed by atoms with Crippen LogP contribution in [0.3, 0.4) is 0 Å². The van der Waals surface area contributed by atoms with Gasteiger partial charge in [-0.2, -0.15) is 0 Å². The van der Waals surface area contributed by atoms with Crippen LogP contribution in [0.4, 0.5) is 23.0 Å². The summed E-state index contributed by atoms with van der Waals surface area (Å²) in [4.78, 5) is 27.1. The Labute approximate surface area is 211 Å². The van der Waals surface area contributed by atoms with Crippen molar-refractivity contribution in [1.82, 2.24) is 15.0 Å². The number of hydrogen-bond acceptors (Lipinski definition) is 9. The molecule has 3 aromatic heterocycles. The van der Waals surface area contributed by atoms with Gasteiger partial charge in [0.15, 0.2) is 14.9 Å². The number of aromatic nitrogens is 3. The van der Waals surface area contributed by atoms with Crippen LogP contribution in [0.25, 0.3) is 11.3 Å². The van der Waals surface area contributed by atoms with Gasteiger partial charge >= 0.3 is 0 Å². The zero-order valence-corrected chi connectivity index (χ0v) is 21.8. The van der Waals surface area contributed by atoms with E-state index in [1.807, 2.05) is 18.3 Å². The minimum absolute atomic E-state index is 0.0286. The average molecular weight is 511 g/mol. The summed E-state index contributed by atoms with van der Waals surface area (Å²) < 4.78 is 30.0. The molecule has 0 unspecified atom stereocenters. The first-order chi connectivity index (χ1) is 17.0. The minimum Gasteiger partial charge on any atom is -0.372 e. The summed E-state index contributed by atoms with van der Waals surface area (Å²) >= 11 is 0. The van der Waals surface area contributed by atoms with E-state index in [-0.39, 0.29) is 23.1 Å². The smallest absolute Gasteiger partial charge is 0.222 e. The number of aryl methyl sites for hydroxylation is 1. The molecule has 11 heteroatoms. The van der Waals surface area contributed by atoms with E-state index in [9.17, 15) is 13.2 Å². The molecule has 4 heterocycles. The molecule has 0 spiro atoms. The van der Waals surface area contributed by atoms with Crippen molar-refractivity contribution in [3.05, 3.63) is 48.3 Å². The van der Waals surface area contributed by atoms with Gasteiger partial charge in [-0.05, 0) is 50.6 Å². The molecule has 0 bridgehead atoms. The molecule has 1 aliphatic heterocycles. The number of carbonyl (C=O) groups is 1. The molecule has 0 radical (unpaired) electrons. The molecule has 2 atom stereocenters. The van der Waals surface area contributed by atoms with Crippen LogP contribution in [0, 0.1) is 6.92 Å². The molecule has 0 aliphatic carbocycles. The number of nitrogens with one attached hydrogen (secondary N) is 2. The lowest BCUT2D eigenvalue weighted by atomic mass is 10.1. The van der Waals surface area contributed by atoms with Gasteiger partial charge in [0.05, 0.1) is 35.5 Å². The highest BCUT2D eigenvalue weighted by atomic mass is 32.2. The van der Waals surface area contributed by atoms with Crippen LogP contribution >= 0.6 is 0 Å². The maximum absolute atomic E-state index is 12.1. The van der Waals surface area contributed by atoms with Gasteiger partial charge in [-0.3, -0.25) is 9.78 Å². The third-order valence-electron chi connectivity index (χ3n) is 5.61. The number of rotatable bonds is 6. The second-order valence-corrected chi connectivity index (χ2v) is 11.1. The predicted octanol–water partition coefficient (Wildman–Crippen LogP) is 3.57. The monoisotopic (exact) mass is 510 g/mol. The Balaban J connectivity index is 1.70. The van der Waals surface area contributed by atoms with Gasteiger partial charge in [-0.15, -0.1) is 0 Å². The Kier molecular flexibility index (Phi) is 7.23. The SMILES string of the molecule is CC(=O)Nc1cc(Nc2cc(C)cc(S(C)(=O)=O)n2)c(-c2ccc(N3C[C@@H](C)O[C@@H](C)C3)cn2)cn1. The maximum atomic E-state index is 12.1. The molecule has 3 aromatic rings. The molecular formula is C25H30N6O4S. The number of ether oxygens (including phenoxy) is 1. The summed E-state index contributed by atoms with van der Waals surface area (Å²) in [6.45, 7) is 8.88. The second kappa shape index (κ2) is 10.2. The molecule has 1 fully saturated rings. The topological polar surface area (TPSA) is 126 Å². The molecule has 2 N–H and O–H groups in total. The lowest BCUT2D eigenvalue weighted by molar-refractivity contribution is -0.114. The lowest BCUT2D eigenvalue weighted by Crippen LogP contribution is -2.45. The number of morpholine rings is 1. The number of sulfone groups is 1. The molecule has 36 heavy (non-hydrogen) atoms. The number of anilines is 4. The van der Waals surface area contributed by atoms with Crippen molar-refractivity contribution in [3.63, 3.8) is 0 Å². The maximum Gasteiger partial charge on any atom is 0.222 e. The fourth-order valence-electron chi connectivity index (χ4n) is 4.16. The van der Waals surface area contributed by atoms with Crippen LogP contribution in [0.15, 0.2) is 47.8 Å². The molecule has 0 saturated carbocycles. The fourth-order valence-corrected chi connectivity index (χ4v) is 4.82. The van der Waals surface area contributed by atoms with E-state index < -0.39 is 9.84 Å². The van der Waals surface area contributed by atoms with Crippen molar-refractivity contribution >= 4 is 38.8 Å². The molecule has 4 rings (SSSR count). The molecule has 1 aliphatic rings. The molecule has 0 aromatic carbocycles. The van der Waals surface area contributed by atoms with Crippen LogP contribution < -0.4 is 15.5 Å². The van der Waals surface area contributed by atoms with Crippen molar-refractivity contribution in [2.45, 2.75) is 44.9 Å². The normalized spacial score (nSPS) is 18.1. The molecule has 1 amide bonds. The Morgan fingerprint density at radius 2 is 1.78 bits per heavy atom. The zero-order chi connectivity index (χ0) is 26.0. The van der Waals surface area contributed by atoms with Crippen molar-refractivity contribution in [1.29, 1.82) is 0 Å². The van der Waals surface area contributed by atoms with E-state index >= 15 is 0 Å². The van der Waals surface area contributed by atoms with Gasteiger partial charge in [0.1, 0.15) is 11.6 Å². The molecular weight excluding hydrogens is 480 g/mol. The largest absolute Gasteiger partial charge is 0.372 e. The zero-order valence-electron chi connectivity index (χ0n) is 20.9. The minimum atomic E-state index is -3.50. The van der Waals surface area contributed by atoms with Gasteiger partial charge in [-0.1, -0.05) is 0 Å². The highest BCUT2D eigenvalue weighted by molar-refractivity contribution is 7.90. The first kappa shape index (κ1) is 25.5. The quantitative estimate of drug-likeness (QED) is 0.512. The van der Waals surface area contributed by atoms with Gasteiger partial charge < -0.3 is 20.3 Å². The summed E-state index contributed by atoms with van der Waals surface area (Å²) in [6.07, 6.45) is 4.81. The average Bonchev–Trinajstić information content (AvgIpc) is 2.77. The van der Waals surface area contributed by atoms with Crippen LogP contribution in [-0.4, -0.2) is 60.8 Å². The number of carbonyl (C=O) groups excluding carboxylic acids is 1. The van der Waals surface area contributed by atoms with Crippen molar-refractivity contribution in [2.75, 3.05) is 34.9 Å². The summed E-state index contributed by atoms with van der Waals surface area (Å²) in [5.74, 6) is 0.438. The number of nitrogens with zero attached hydrogens (tertiary/aromatic N) is 4. The van der Waals surface area contributed by atoms with E-state index in [1.165, 1.54) is 13.0 Å². The number of amides is 1. The van der Waals surface area contributed by atoms with Gasteiger partial charge in [-0.25, -0.2) is 18.4 Å². The summed E-state index contributed by atoms with van der Waals surface area (Å²) in [5.41, 5.74) is 3.63. The standard InChI is InChI=1S/C25H30N6O4S/c1-15-8-24(30-25(9-15)36(5,33)34)29-22-10-23(28-18(4)32)27-12-20(22)21-7-6-19(11-26-21)31-13-16(2)35-17(3)14-31/h6-12,16-17H,13-14H2,1-5H3,(H2,27,28,29,30,32)/t16-,17+. The van der Waals surface area contributed by atoms with Crippen LogP contribution in [0.1, 0.15) is 26.3 Å². The highest BCUT2D eigenvalue weighted by Gasteiger charge is 2.23. The first-order valence-electron chi connectivity index (χ1n) is 11.6. The van der Waals surface area contributed by atoms with E-state index in [0.717, 1.165) is 30.6 Å². The van der Waals surface area contributed by atoms with Gasteiger partial charge in [0.25, 0.3) is 0 Å². The van der Waals surface area contributed by atoms with E-state index in [0.29, 0.717) is 28.6 Å². The van der Waals surface area contributed by atoms with Crippen LogP contribution in [-0.2, 0) is 19.4 Å². The van der Waals surface area contributed by atoms with Gasteiger partial charge in [0.2, 0.25) is 5.91 Å². The third-order valence-corrected chi connectivity index (χ3v) is 6.57. The Bertz CT molecular complexity index is 1370. The number of hydrogen-bond donors (Lipinski definition) is 2. The first-order valence-corrected chi connectivity index (χ1v) is 13.5. The Hall–Kier alpha value is -3.57. The highest BCUT2D eigenvalue weighted by Crippen LogP contribution is 2.32. The molecule has 1 saturated heterocycles. The lowest BCUT2D eigenvalue weighted by Gasteiger charge is -2.36.